The molecule has 4 bridgehead atoms. The molecule has 0 spiro atoms. The van der Waals surface area contributed by atoms with Gasteiger partial charge in [-0.25, -0.2) is 18.2 Å². The number of aryl methyl sites for hydroxylation is 1. The zero-order valence-corrected chi connectivity index (χ0v) is 32.2. The maximum Gasteiger partial charge on any atom is 0.407 e. The Hall–Kier alpha value is -5.05. The molecule has 2 aliphatic heterocycles. The van der Waals surface area contributed by atoms with Crippen LogP contribution in [0.15, 0.2) is 61.2 Å². The molecule has 5 atom stereocenters. The van der Waals surface area contributed by atoms with Crippen LogP contribution in [0.5, 0.6) is 5.88 Å². The van der Waals surface area contributed by atoms with E-state index in [1.54, 1.807) is 20.8 Å². The Morgan fingerprint density at radius 2 is 1.82 bits per heavy atom. The summed E-state index contributed by atoms with van der Waals surface area (Å²) in [4.78, 5) is 66.7. The first-order chi connectivity index (χ1) is 26.2. The van der Waals surface area contributed by atoms with Gasteiger partial charge in [-0.1, -0.05) is 63.2 Å². The number of rotatable bonds is 7. The number of ether oxygens (including phenoxy) is 2. The van der Waals surface area contributed by atoms with Crippen LogP contribution in [-0.4, -0.2) is 89.2 Å². The maximum absolute atomic E-state index is 14.6. The highest BCUT2D eigenvalue weighted by atomic mass is 32.2. The molecule has 3 N–H and O–H groups in total. The third kappa shape index (κ3) is 8.17. The van der Waals surface area contributed by atoms with Crippen LogP contribution in [0.2, 0.25) is 0 Å². The molecule has 0 unspecified atom stereocenters. The summed E-state index contributed by atoms with van der Waals surface area (Å²) in [6.07, 6.45) is 4.16. The third-order valence-corrected chi connectivity index (χ3v) is 12.7. The van der Waals surface area contributed by atoms with Crippen molar-refractivity contribution in [2.24, 2.45) is 11.3 Å². The first kappa shape index (κ1) is 38.2. The van der Waals surface area contributed by atoms with Crippen LogP contribution in [0.25, 0.3) is 22.3 Å². The van der Waals surface area contributed by atoms with Crippen molar-refractivity contribution in [3.05, 3.63) is 66.7 Å². The van der Waals surface area contributed by atoms with Crippen LogP contribution < -0.4 is 20.1 Å². The van der Waals surface area contributed by atoms with Crippen molar-refractivity contribution in [3.8, 4) is 17.3 Å². The van der Waals surface area contributed by atoms with Crippen LogP contribution >= 0.6 is 0 Å². The Bertz CT molecular complexity index is 2120. The van der Waals surface area contributed by atoms with Gasteiger partial charge in [0.05, 0.1) is 29.3 Å². The summed E-state index contributed by atoms with van der Waals surface area (Å²) in [7, 11) is -3.91. The average molecular weight is 773 g/mol. The fourth-order valence-corrected chi connectivity index (χ4v) is 8.77. The van der Waals surface area contributed by atoms with E-state index in [9.17, 15) is 27.6 Å². The molecule has 292 valence electrons. The van der Waals surface area contributed by atoms with Crippen LogP contribution in [0, 0.1) is 11.3 Å². The number of carbonyl (C=O) groups excluding carboxylic acids is 4. The quantitative estimate of drug-likeness (QED) is 0.294. The number of benzene rings is 2. The Balaban J connectivity index is 1.25. The number of fused-ring (bicyclic) bond motifs is 3. The van der Waals surface area contributed by atoms with Crippen molar-refractivity contribution in [1.82, 2.24) is 30.2 Å². The molecule has 2 aromatic carbocycles. The molecule has 2 saturated carbocycles. The van der Waals surface area contributed by atoms with Crippen LogP contribution in [0.3, 0.4) is 0 Å². The molecule has 2 aliphatic carbocycles. The highest BCUT2D eigenvalue weighted by Crippen LogP contribution is 2.45. The van der Waals surface area contributed by atoms with Crippen molar-refractivity contribution in [2.45, 2.75) is 101 Å². The van der Waals surface area contributed by atoms with Gasteiger partial charge in [-0.05, 0) is 68.1 Å². The molecule has 4 amide bonds. The van der Waals surface area contributed by atoms with E-state index in [4.69, 9.17) is 19.4 Å². The lowest BCUT2D eigenvalue weighted by atomic mass is 9.85. The Morgan fingerprint density at radius 1 is 1.05 bits per heavy atom. The third-order valence-electron chi connectivity index (χ3n) is 10.9. The van der Waals surface area contributed by atoms with Gasteiger partial charge >= 0.3 is 6.09 Å². The molecular formula is C40H48N6O8S. The summed E-state index contributed by atoms with van der Waals surface area (Å²) in [6, 6.07) is 13.2. The first-order valence-corrected chi connectivity index (χ1v) is 20.5. The van der Waals surface area contributed by atoms with Gasteiger partial charge in [0, 0.05) is 17.9 Å². The van der Waals surface area contributed by atoms with Gasteiger partial charge in [-0.2, -0.15) is 4.98 Å². The summed E-state index contributed by atoms with van der Waals surface area (Å²) in [5, 5.41) is 5.61. The van der Waals surface area contributed by atoms with Gasteiger partial charge in [0.15, 0.2) is 5.82 Å². The Kier molecular flexibility index (Phi) is 10.3. The molecular weight excluding hydrogens is 725 g/mol. The summed E-state index contributed by atoms with van der Waals surface area (Å²) < 4.78 is 39.8. The Labute approximate surface area is 320 Å². The van der Waals surface area contributed by atoms with E-state index in [0.29, 0.717) is 41.9 Å². The van der Waals surface area contributed by atoms with E-state index in [1.807, 2.05) is 48.5 Å². The van der Waals surface area contributed by atoms with Crippen molar-refractivity contribution in [2.75, 3.05) is 13.2 Å². The molecule has 55 heavy (non-hydrogen) atoms. The summed E-state index contributed by atoms with van der Waals surface area (Å²) in [5.74, 6) is -1.82. The number of alkyl carbamates (subject to hydrolysis) is 1. The second-order valence-electron chi connectivity index (χ2n) is 16.1. The van der Waals surface area contributed by atoms with Gasteiger partial charge in [-0.15, -0.1) is 6.58 Å². The minimum Gasteiger partial charge on any atom is -0.472 e. The van der Waals surface area contributed by atoms with Crippen LogP contribution in [0.1, 0.15) is 71.3 Å². The average Bonchev–Trinajstić information content (AvgIpc) is 4.08. The van der Waals surface area contributed by atoms with E-state index >= 15 is 0 Å². The minimum absolute atomic E-state index is 0.0154. The van der Waals surface area contributed by atoms with Gasteiger partial charge in [0.25, 0.3) is 5.91 Å². The van der Waals surface area contributed by atoms with E-state index in [-0.39, 0.29) is 26.0 Å². The maximum atomic E-state index is 14.6. The second-order valence-corrected chi connectivity index (χ2v) is 18.1. The number of sulfonamides is 1. The van der Waals surface area contributed by atoms with Crippen molar-refractivity contribution >= 4 is 44.7 Å². The molecule has 3 heterocycles. The molecule has 14 nitrogen and oxygen atoms in total. The van der Waals surface area contributed by atoms with Gasteiger partial charge in [0.2, 0.25) is 27.7 Å². The lowest BCUT2D eigenvalue weighted by molar-refractivity contribution is -0.142. The van der Waals surface area contributed by atoms with E-state index in [0.717, 1.165) is 30.4 Å². The zero-order valence-electron chi connectivity index (χ0n) is 31.4. The monoisotopic (exact) mass is 772 g/mol. The second kappa shape index (κ2) is 14.9. The molecule has 3 aromatic rings. The molecule has 7 rings (SSSR count). The zero-order chi connectivity index (χ0) is 39.1. The molecule has 1 saturated heterocycles. The lowest BCUT2D eigenvalue weighted by Gasteiger charge is -2.35. The lowest BCUT2D eigenvalue weighted by Crippen LogP contribution is -2.60. The summed E-state index contributed by atoms with van der Waals surface area (Å²) >= 11 is 0. The largest absolute Gasteiger partial charge is 0.472 e. The molecule has 3 fully saturated rings. The molecule has 4 aliphatic rings. The Morgan fingerprint density at radius 3 is 2.51 bits per heavy atom. The fraction of sp³-hybridized carbons (Fsp3) is 0.500. The van der Waals surface area contributed by atoms with Crippen LogP contribution in [-0.2, 0) is 35.6 Å². The minimum atomic E-state index is -3.91. The predicted octanol–water partition coefficient (Wildman–Crippen LogP) is 4.18. The number of nitrogens with zero attached hydrogens (tertiary/aromatic N) is 3. The van der Waals surface area contributed by atoms with Gasteiger partial charge < -0.3 is 25.0 Å². The molecule has 1 aromatic heterocycles. The van der Waals surface area contributed by atoms with Crippen LogP contribution in [0.4, 0.5) is 4.79 Å². The topological polar surface area (TPSA) is 186 Å². The molecule has 15 heteroatoms. The van der Waals surface area contributed by atoms with E-state index in [1.165, 1.54) is 11.0 Å². The number of aromatic nitrogens is 2. The predicted molar refractivity (Wildman–Crippen MR) is 204 cm³/mol. The van der Waals surface area contributed by atoms with Gasteiger partial charge in [-0.3, -0.25) is 19.1 Å². The molecule has 0 radical (unpaired) electrons. The number of nitrogens with one attached hydrogen (secondary N) is 3. The van der Waals surface area contributed by atoms with Gasteiger partial charge in [0.1, 0.15) is 23.7 Å². The van der Waals surface area contributed by atoms with Crippen molar-refractivity contribution in [3.63, 3.8) is 0 Å². The highest BCUT2D eigenvalue weighted by Gasteiger charge is 2.62. The summed E-state index contributed by atoms with van der Waals surface area (Å²) in [6.45, 7) is 9.32. The SMILES string of the molecule is C=C[C@@H]1C[C@]1(NC(=O)[C@@H]1C[C@@H]2CN1C(=O)[C@H](C(C)(C)C)NC(=O)OCCCCCc1ccc3nc(-c4ccccc4)nc(c3c1)O2)C(=O)NS(=O)(=O)C1CC1. The first-order valence-electron chi connectivity index (χ1n) is 19.0. The number of hydrogen-bond donors (Lipinski definition) is 3. The van der Waals surface area contributed by atoms with Crippen molar-refractivity contribution < 1.29 is 37.1 Å². The standard InChI is InChI=1S/C40H48N6O8S/c1-5-26-22-40(26,37(49)45-55(51,52)28-16-17-28)44-34(47)31-21-27-23-46(31)36(48)32(39(2,3)4)42-38(50)53-19-11-7-8-12-24-15-18-30-29(20-24)35(54-27)43-33(41-30)25-13-9-6-10-14-25/h5-6,9-10,13-15,18,20,26-28,31-32H,1,7-8,11-12,16-17,19,21-23H2,2-4H3,(H,42,50)(H,44,47)(H,45,49)/t26-,27-,31+,32-,40-/m1/s1. The smallest absolute Gasteiger partial charge is 0.407 e. The van der Waals surface area contributed by atoms with E-state index in [2.05, 4.69) is 21.9 Å². The van der Waals surface area contributed by atoms with E-state index < -0.39 is 74.1 Å². The fourth-order valence-electron chi connectivity index (χ4n) is 7.41. The highest BCUT2D eigenvalue weighted by molar-refractivity contribution is 7.91. The summed E-state index contributed by atoms with van der Waals surface area (Å²) in [5.41, 5.74) is 0.145. The number of carbonyl (C=O) groups is 4. The van der Waals surface area contributed by atoms with Crippen molar-refractivity contribution in [1.29, 1.82) is 0 Å². The number of hydrogen-bond acceptors (Lipinski definition) is 10. The normalized spacial score (nSPS) is 26.2. The number of cyclic esters (lactones) is 1. The number of amides is 4.